The van der Waals surface area contributed by atoms with Gasteiger partial charge in [-0.25, -0.2) is 4.79 Å². The zero-order valence-electron chi connectivity index (χ0n) is 25.9. The number of ether oxygens (including phenoxy) is 1. The molecule has 0 N–H and O–H groups in total. The van der Waals surface area contributed by atoms with Crippen LogP contribution in [0.25, 0.3) is 6.08 Å². The summed E-state index contributed by atoms with van der Waals surface area (Å²) < 4.78 is 5.44. The number of hydrogen-bond acceptors (Lipinski definition) is 5. The molecule has 1 fully saturated rings. The molecule has 228 valence electrons. The molecule has 2 amide bonds. The molecule has 1 saturated heterocycles. The molecule has 2 aliphatic rings. The molecule has 44 heavy (non-hydrogen) atoms. The monoisotopic (exact) mass is 591 g/mol. The summed E-state index contributed by atoms with van der Waals surface area (Å²) >= 11 is 0. The van der Waals surface area contributed by atoms with Gasteiger partial charge in [-0.3, -0.25) is 14.5 Å². The molecular weight excluding hydrogens is 550 g/mol. The fourth-order valence-corrected chi connectivity index (χ4v) is 6.05. The lowest BCUT2D eigenvalue weighted by atomic mass is 9.83. The third kappa shape index (κ3) is 7.34. The van der Waals surface area contributed by atoms with Gasteiger partial charge in [-0.1, -0.05) is 84.4 Å². The van der Waals surface area contributed by atoms with E-state index in [0.29, 0.717) is 29.9 Å². The minimum absolute atomic E-state index is 0.00436. The van der Waals surface area contributed by atoms with Gasteiger partial charge in [-0.15, -0.1) is 0 Å². The van der Waals surface area contributed by atoms with Crippen molar-refractivity contribution in [2.24, 2.45) is 0 Å². The van der Waals surface area contributed by atoms with Gasteiger partial charge in [0.15, 0.2) is 0 Å². The van der Waals surface area contributed by atoms with Crippen LogP contribution in [0.4, 0.5) is 0 Å². The maximum absolute atomic E-state index is 13.5. The molecule has 5 rings (SSSR count). The molecule has 2 heterocycles. The number of allylic oxidation sites excluding steroid dienone is 1. The Labute approximate surface area is 260 Å². The molecule has 2 aliphatic heterocycles. The topological polar surface area (TPSA) is 70.2 Å². The second-order valence-corrected chi connectivity index (χ2v) is 11.5. The molecule has 0 radical (unpaired) electrons. The van der Waals surface area contributed by atoms with Crippen LogP contribution in [0.15, 0.2) is 96.2 Å². The van der Waals surface area contributed by atoms with Crippen LogP contribution in [-0.4, -0.2) is 71.8 Å². The van der Waals surface area contributed by atoms with Crippen LogP contribution in [0.1, 0.15) is 58.8 Å². The highest BCUT2D eigenvalue weighted by molar-refractivity contribution is 5.96. The van der Waals surface area contributed by atoms with Gasteiger partial charge in [0.25, 0.3) is 5.91 Å². The van der Waals surface area contributed by atoms with E-state index in [1.54, 1.807) is 11.8 Å². The van der Waals surface area contributed by atoms with E-state index in [1.165, 1.54) is 5.56 Å². The van der Waals surface area contributed by atoms with Gasteiger partial charge in [-0.2, -0.15) is 0 Å². The molecular formula is C37H41N3O4. The van der Waals surface area contributed by atoms with Gasteiger partial charge in [-0.05, 0) is 49.6 Å². The summed E-state index contributed by atoms with van der Waals surface area (Å²) in [4.78, 5) is 46.1. The van der Waals surface area contributed by atoms with Crippen LogP contribution in [0.2, 0.25) is 0 Å². The quantitative estimate of drug-likeness (QED) is 0.294. The summed E-state index contributed by atoms with van der Waals surface area (Å²) in [6.07, 6.45) is 4.48. The lowest BCUT2D eigenvalue weighted by Crippen LogP contribution is -2.48. The molecule has 7 nitrogen and oxygen atoms in total. The molecule has 3 aromatic carbocycles. The number of rotatable bonds is 9. The van der Waals surface area contributed by atoms with Crippen molar-refractivity contribution >= 4 is 23.9 Å². The molecule has 0 aliphatic carbocycles. The first-order valence-electron chi connectivity index (χ1n) is 15.4. The number of piperazine rings is 1. The highest BCUT2D eigenvalue weighted by atomic mass is 16.5. The number of hydrogen-bond donors (Lipinski definition) is 0. The fourth-order valence-electron chi connectivity index (χ4n) is 6.05. The second-order valence-electron chi connectivity index (χ2n) is 11.5. The van der Waals surface area contributed by atoms with Crippen molar-refractivity contribution in [2.45, 2.75) is 39.7 Å². The minimum atomic E-state index is -0.396. The number of benzene rings is 3. The molecule has 0 spiro atoms. The zero-order valence-corrected chi connectivity index (χ0v) is 25.9. The second kappa shape index (κ2) is 14.3. The SMILES string of the molecule is CCOC(=O)C1=C(C)N(Cc2cccc(C(=O)N3CCN(C/C=C/c4ccccc4)CC3)c2)C(=O)CC1c1cccc(C)c1. The van der Waals surface area contributed by atoms with Gasteiger partial charge in [0.05, 0.1) is 18.7 Å². The van der Waals surface area contributed by atoms with Crippen molar-refractivity contribution in [1.29, 1.82) is 0 Å². The maximum atomic E-state index is 13.5. The first-order chi connectivity index (χ1) is 21.3. The maximum Gasteiger partial charge on any atom is 0.336 e. The van der Waals surface area contributed by atoms with Crippen molar-refractivity contribution < 1.29 is 19.1 Å². The molecule has 0 saturated carbocycles. The Hall–Kier alpha value is -4.49. The summed E-state index contributed by atoms with van der Waals surface area (Å²) in [5.41, 5.74) is 5.74. The van der Waals surface area contributed by atoms with Crippen molar-refractivity contribution in [2.75, 3.05) is 39.3 Å². The average molecular weight is 592 g/mol. The number of amides is 2. The van der Waals surface area contributed by atoms with Gasteiger partial charge in [0.2, 0.25) is 5.91 Å². The minimum Gasteiger partial charge on any atom is -0.463 e. The van der Waals surface area contributed by atoms with Crippen molar-refractivity contribution in [1.82, 2.24) is 14.7 Å². The van der Waals surface area contributed by atoms with Crippen molar-refractivity contribution in [3.05, 3.63) is 124 Å². The summed E-state index contributed by atoms with van der Waals surface area (Å²) in [5.74, 6) is -0.822. The van der Waals surface area contributed by atoms with E-state index >= 15 is 0 Å². The molecule has 1 unspecified atom stereocenters. The normalized spacial score (nSPS) is 17.8. The lowest BCUT2D eigenvalue weighted by Gasteiger charge is -2.35. The van der Waals surface area contributed by atoms with E-state index in [4.69, 9.17) is 4.74 Å². The molecule has 1 atom stereocenters. The van der Waals surface area contributed by atoms with E-state index < -0.39 is 5.97 Å². The Morgan fingerprint density at radius 1 is 0.909 bits per heavy atom. The number of carbonyl (C=O) groups is 3. The lowest BCUT2D eigenvalue weighted by molar-refractivity contribution is -0.140. The third-order valence-electron chi connectivity index (χ3n) is 8.41. The van der Waals surface area contributed by atoms with Crippen LogP contribution >= 0.6 is 0 Å². The smallest absolute Gasteiger partial charge is 0.336 e. The van der Waals surface area contributed by atoms with Crippen LogP contribution in [-0.2, 0) is 20.9 Å². The zero-order chi connectivity index (χ0) is 31.1. The first-order valence-corrected chi connectivity index (χ1v) is 15.4. The van der Waals surface area contributed by atoms with Gasteiger partial charge in [0, 0.05) is 56.3 Å². The third-order valence-corrected chi connectivity index (χ3v) is 8.41. The standard InChI is InChI=1S/C37H41N3O4/c1-4-44-37(43)35-28(3)40(34(41)25-33(35)31-16-8-11-27(2)23-31)26-30-14-9-17-32(24-30)36(42)39-21-19-38(20-22-39)18-10-15-29-12-6-5-7-13-29/h5-17,23-24,33H,4,18-22,25-26H2,1-3H3/b15-10+. The molecule has 3 aromatic rings. The predicted octanol–water partition coefficient (Wildman–Crippen LogP) is 5.82. The summed E-state index contributed by atoms with van der Waals surface area (Å²) in [5, 5.41) is 0. The predicted molar refractivity (Wildman–Crippen MR) is 173 cm³/mol. The summed E-state index contributed by atoms with van der Waals surface area (Å²) in [6.45, 7) is 9.94. The van der Waals surface area contributed by atoms with E-state index in [1.807, 2.05) is 85.5 Å². The van der Waals surface area contributed by atoms with Gasteiger partial charge >= 0.3 is 5.97 Å². The molecule has 0 aromatic heterocycles. The summed E-state index contributed by atoms with van der Waals surface area (Å²) in [7, 11) is 0. The Balaban J connectivity index is 1.26. The highest BCUT2D eigenvalue weighted by Gasteiger charge is 2.37. The molecule has 0 bridgehead atoms. The summed E-state index contributed by atoms with van der Waals surface area (Å²) in [6, 6.07) is 25.7. The van der Waals surface area contributed by atoms with E-state index in [9.17, 15) is 14.4 Å². The number of nitrogens with zero attached hydrogens (tertiary/aromatic N) is 3. The van der Waals surface area contributed by atoms with E-state index in [-0.39, 0.29) is 37.3 Å². The number of esters is 1. The van der Waals surface area contributed by atoms with E-state index in [2.05, 4.69) is 29.2 Å². The average Bonchev–Trinajstić information content (AvgIpc) is 3.03. The Kier molecular flexibility index (Phi) is 10.1. The van der Waals surface area contributed by atoms with Gasteiger partial charge in [0.1, 0.15) is 0 Å². The van der Waals surface area contributed by atoms with E-state index in [0.717, 1.165) is 36.3 Å². The largest absolute Gasteiger partial charge is 0.463 e. The van der Waals surface area contributed by atoms with Crippen LogP contribution in [0, 0.1) is 6.92 Å². The molecule has 7 heteroatoms. The fraction of sp³-hybridized carbons (Fsp3) is 0.324. The Morgan fingerprint density at radius 3 is 2.39 bits per heavy atom. The van der Waals surface area contributed by atoms with Crippen LogP contribution < -0.4 is 0 Å². The Morgan fingerprint density at radius 2 is 1.66 bits per heavy atom. The first kappa shape index (κ1) is 31.0. The number of carbonyl (C=O) groups excluding carboxylic acids is 3. The number of aryl methyl sites for hydroxylation is 1. The van der Waals surface area contributed by atoms with Gasteiger partial charge < -0.3 is 14.5 Å². The van der Waals surface area contributed by atoms with Crippen molar-refractivity contribution in [3.63, 3.8) is 0 Å². The van der Waals surface area contributed by atoms with Crippen LogP contribution in [0.5, 0.6) is 0 Å². The van der Waals surface area contributed by atoms with Crippen LogP contribution in [0.3, 0.4) is 0 Å². The highest BCUT2D eigenvalue weighted by Crippen LogP contribution is 2.38. The Bertz CT molecular complexity index is 1550. The van der Waals surface area contributed by atoms with Crippen molar-refractivity contribution in [3.8, 4) is 0 Å².